The summed E-state index contributed by atoms with van der Waals surface area (Å²) in [6.07, 6.45) is 1.69. The third-order valence-corrected chi connectivity index (χ3v) is 2.89. The van der Waals surface area contributed by atoms with Crippen LogP contribution < -0.4 is 9.47 Å². The van der Waals surface area contributed by atoms with Crippen LogP contribution in [0.1, 0.15) is 18.1 Å². The summed E-state index contributed by atoms with van der Waals surface area (Å²) in [6, 6.07) is 0. The van der Waals surface area contributed by atoms with Gasteiger partial charge in [-0.25, -0.2) is 9.59 Å². The van der Waals surface area contributed by atoms with E-state index in [2.05, 4.69) is 0 Å². The monoisotopic (exact) mass is 197 g/mol. The molecule has 1 aromatic rings. The smallest absolute Gasteiger partial charge is 0.246 e. The topological polar surface area (TPSA) is 41.3 Å². The van der Waals surface area contributed by atoms with Crippen molar-refractivity contribution in [3.8, 4) is 0 Å². The Labute approximate surface area is 79.4 Å². The van der Waals surface area contributed by atoms with Crippen molar-refractivity contribution < 1.29 is 14.2 Å². The van der Waals surface area contributed by atoms with Gasteiger partial charge in [0.2, 0.25) is 0 Å². The second-order valence-electron chi connectivity index (χ2n) is 2.76. The third-order valence-electron chi connectivity index (χ3n) is 2.01. The molecule has 0 atom stereocenters. The predicted molar refractivity (Wildman–Crippen MR) is 47.8 cm³/mol. The molecule has 5 heteroatoms. The molecular formula is C8H9N2O2S+. The van der Waals surface area contributed by atoms with Gasteiger partial charge in [0.05, 0.1) is 6.54 Å². The highest BCUT2D eigenvalue weighted by atomic mass is 32.1. The number of carbonyl (C=O) groups is 2. The molecule has 1 amide bonds. The van der Waals surface area contributed by atoms with E-state index in [1.54, 1.807) is 11.1 Å². The highest BCUT2D eigenvalue weighted by Gasteiger charge is 2.37. The van der Waals surface area contributed by atoms with E-state index in [1.807, 2.05) is 12.3 Å². The number of hydrogen-bond acceptors (Lipinski definition) is 3. The third kappa shape index (κ3) is 1.16. The van der Waals surface area contributed by atoms with Gasteiger partial charge in [-0.1, -0.05) is 11.3 Å². The summed E-state index contributed by atoms with van der Waals surface area (Å²) in [7, 11) is 0. The fraction of sp³-hybridized carbons (Fsp3) is 0.375. The molecule has 68 valence electrons. The molecular weight excluding hydrogens is 188 g/mol. The standard InChI is InChI=1S/C8H9N2O2S/c1-2-9-6(11)5-7(12)10-3-4-13-8(9)10/h3-4H,2,5H2,1H3/q+1. The Bertz CT molecular complexity index is 372. The summed E-state index contributed by atoms with van der Waals surface area (Å²) in [5, 5.41) is 2.54. The Hall–Kier alpha value is -1.23. The maximum Gasteiger partial charge on any atom is 0.351 e. The predicted octanol–water partition coefficient (Wildman–Crippen LogP) is 0.432. The summed E-state index contributed by atoms with van der Waals surface area (Å²) in [4.78, 5) is 24.4. The van der Waals surface area contributed by atoms with E-state index in [1.165, 1.54) is 15.9 Å². The van der Waals surface area contributed by atoms with Crippen LogP contribution in [0.15, 0.2) is 11.6 Å². The van der Waals surface area contributed by atoms with Crippen LogP contribution in [-0.4, -0.2) is 18.4 Å². The van der Waals surface area contributed by atoms with E-state index in [9.17, 15) is 9.59 Å². The van der Waals surface area contributed by atoms with Crippen molar-refractivity contribution in [1.82, 2.24) is 0 Å². The van der Waals surface area contributed by atoms with E-state index in [0.29, 0.717) is 6.54 Å². The lowest BCUT2D eigenvalue weighted by Crippen LogP contribution is -2.54. The Morgan fingerprint density at radius 2 is 2.38 bits per heavy atom. The van der Waals surface area contributed by atoms with Crippen molar-refractivity contribution in [3.05, 3.63) is 11.6 Å². The molecule has 0 unspecified atom stereocenters. The molecule has 1 aliphatic heterocycles. The second kappa shape index (κ2) is 2.92. The highest BCUT2D eigenvalue weighted by Crippen LogP contribution is 2.19. The molecule has 13 heavy (non-hydrogen) atoms. The average molecular weight is 197 g/mol. The lowest BCUT2D eigenvalue weighted by molar-refractivity contribution is -0.557. The molecule has 0 fully saturated rings. The Morgan fingerprint density at radius 3 is 3.08 bits per heavy atom. The summed E-state index contributed by atoms with van der Waals surface area (Å²) < 4.78 is 1.54. The average Bonchev–Trinajstić information content (AvgIpc) is 2.53. The number of fused-ring (bicyclic) bond motifs is 1. The quantitative estimate of drug-likeness (QED) is 0.484. The number of carbonyl (C=O) groups excluding carboxylic acids is 2. The number of amides is 1. The first-order valence-electron chi connectivity index (χ1n) is 4.06. The van der Waals surface area contributed by atoms with Crippen molar-refractivity contribution in [2.45, 2.75) is 13.3 Å². The SMILES string of the molecule is CCN1C(=O)CC(=O)[n+]2ccsc21. The van der Waals surface area contributed by atoms with Gasteiger partial charge in [0.25, 0.3) is 0 Å². The summed E-state index contributed by atoms with van der Waals surface area (Å²) >= 11 is 1.41. The van der Waals surface area contributed by atoms with Gasteiger partial charge in [-0.15, -0.1) is 0 Å². The van der Waals surface area contributed by atoms with Crippen LogP contribution in [0.5, 0.6) is 0 Å². The van der Waals surface area contributed by atoms with Crippen LogP contribution in [0, 0.1) is 0 Å². The van der Waals surface area contributed by atoms with Crippen LogP contribution in [0.25, 0.3) is 0 Å². The van der Waals surface area contributed by atoms with Crippen LogP contribution in [-0.2, 0) is 4.79 Å². The zero-order chi connectivity index (χ0) is 9.42. The van der Waals surface area contributed by atoms with Crippen molar-refractivity contribution in [2.24, 2.45) is 0 Å². The lowest BCUT2D eigenvalue weighted by atomic mass is 10.3. The summed E-state index contributed by atoms with van der Waals surface area (Å²) in [5.41, 5.74) is 0. The molecule has 0 saturated carbocycles. The van der Waals surface area contributed by atoms with Crippen molar-refractivity contribution >= 4 is 28.3 Å². The second-order valence-corrected chi connectivity index (χ2v) is 3.64. The lowest BCUT2D eigenvalue weighted by Gasteiger charge is -2.15. The minimum atomic E-state index is -0.133. The van der Waals surface area contributed by atoms with Gasteiger partial charge >= 0.3 is 16.9 Å². The van der Waals surface area contributed by atoms with Gasteiger partial charge < -0.3 is 0 Å². The molecule has 0 aromatic carbocycles. The minimum absolute atomic E-state index is 0.0117. The Kier molecular flexibility index (Phi) is 1.88. The molecule has 0 N–H and O–H groups in total. The van der Waals surface area contributed by atoms with Crippen molar-refractivity contribution in [3.63, 3.8) is 0 Å². The largest absolute Gasteiger partial charge is 0.351 e. The van der Waals surface area contributed by atoms with Gasteiger partial charge in [0, 0.05) is 5.38 Å². The van der Waals surface area contributed by atoms with Gasteiger partial charge in [0.1, 0.15) is 6.20 Å². The highest BCUT2D eigenvalue weighted by molar-refractivity contribution is 7.13. The number of thiazole rings is 1. The van der Waals surface area contributed by atoms with E-state index in [0.717, 1.165) is 5.13 Å². The molecule has 0 radical (unpaired) electrons. The zero-order valence-corrected chi connectivity index (χ0v) is 8.00. The molecule has 1 aromatic heterocycles. The van der Waals surface area contributed by atoms with Gasteiger partial charge in [-0.2, -0.15) is 9.47 Å². The number of hydrogen-bond donors (Lipinski definition) is 0. The van der Waals surface area contributed by atoms with Crippen molar-refractivity contribution in [1.29, 1.82) is 0 Å². The van der Waals surface area contributed by atoms with Gasteiger partial charge in [-0.05, 0) is 6.92 Å². The number of nitrogens with zero attached hydrogens (tertiary/aromatic N) is 2. The summed E-state index contributed by atoms with van der Waals surface area (Å²) in [5.74, 6) is -0.235. The van der Waals surface area contributed by atoms with E-state index >= 15 is 0 Å². The molecule has 0 saturated heterocycles. The van der Waals surface area contributed by atoms with Crippen LogP contribution in [0.2, 0.25) is 0 Å². The number of anilines is 1. The molecule has 2 rings (SSSR count). The molecule has 0 spiro atoms. The van der Waals surface area contributed by atoms with E-state index in [-0.39, 0.29) is 18.2 Å². The van der Waals surface area contributed by atoms with E-state index < -0.39 is 0 Å². The van der Waals surface area contributed by atoms with Crippen LogP contribution in [0.3, 0.4) is 0 Å². The fourth-order valence-electron chi connectivity index (χ4n) is 1.38. The molecule has 0 bridgehead atoms. The van der Waals surface area contributed by atoms with Crippen LogP contribution >= 0.6 is 11.3 Å². The Balaban J connectivity index is 2.51. The zero-order valence-electron chi connectivity index (χ0n) is 7.19. The first-order chi connectivity index (χ1) is 6.24. The van der Waals surface area contributed by atoms with Crippen molar-refractivity contribution in [2.75, 3.05) is 11.4 Å². The normalized spacial score (nSPS) is 16.2. The maximum atomic E-state index is 11.4. The molecule has 2 heterocycles. The maximum absolute atomic E-state index is 11.4. The minimum Gasteiger partial charge on any atom is -0.246 e. The number of aromatic nitrogens is 1. The first kappa shape index (κ1) is 8.37. The Morgan fingerprint density at radius 1 is 1.62 bits per heavy atom. The first-order valence-corrected chi connectivity index (χ1v) is 4.94. The summed E-state index contributed by atoms with van der Waals surface area (Å²) in [6.45, 7) is 2.52. The van der Waals surface area contributed by atoms with E-state index in [4.69, 9.17) is 0 Å². The van der Waals surface area contributed by atoms with Crippen LogP contribution in [0.4, 0.5) is 5.13 Å². The molecule has 0 aliphatic carbocycles. The molecule has 4 nitrogen and oxygen atoms in total. The van der Waals surface area contributed by atoms with Gasteiger partial charge in [-0.3, -0.25) is 0 Å². The number of rotatable bonds is 1. The molecule has 1 aliphatic rings. The fourth-order valence-corrected chi connectivity index (χ4v) is 2.32. The van der Waals surface area contributed by atoms with Gasteiger partial charge in [0.15, 0.2) is 6.42 Å².